The number of carbonyl (C=O) groups excluding carboxylic acids is 2. The summed E-state index contributed by atoms with van der Waals surface area (Å²) >= 11 is 0. The lowest BCUT2D eigenvalue weighted by Gasteiger charge is -2.11. The van der Waals surface area contributed by atoms with E-state index in [-0.39, 0.29) is 11.8 Å². The van der Waals surface area contributed by atoms with Crippen molar-refractivity contribution in [2.75, 3.05) is 17.3 Å². The molecule has 4 rings (SSSR count). The molecular formula is C21H18N2O2. The van der Waals surface area contributed by atoms with Gasteiger partial charge in [-0.1, -0.05) is 42.5 Å². The molecule has 0 aromatic heterocycles. The number of rotatable bonds is 3. The van der Waals surface area contributed by atoms with Gasteiger partial charge in [0.05, 0.1) is 12.8 Å². The van der Waals surface area contributed by atoms with E-state index in [1.807, 2.05) is 60.7 Å². The molecule has 0 bridgehead atoms. The van der Waals surface area contributed by atoms with Gasteiger partial charge in [0.1, 0.15) is 0 Å². The van der Waals surface area contributed by atoms with Crippen molar-refractivity contribution in [3.05, 3.63) is 71.8 Å². The highest BCUT2D eigenvalue weighted by Gasteiger charge is 2.24. The summed E-state index contributed by atoms with van der Waals surface area (Å²) in [5, 5.41) is 5.18. The Balaban J connectivity index is 1.53. The molecule has 2 amide bonds. The molecule has 1 heterocycles. The lowest BCUT2D eigenvalue weighted by molar-refractivity contribution is -0.117. The van der Waals surface area contributed by atoms with E-state index in [9.17, 15) is 9.59 Å². The Morgan fingerprint density at radius 2 is 1.88 bits per heavy atom. The van der Waals surface area contributed by atoms with Crippen molar-refractivity contribution in [3.63, 3.8) is 0 Å². The minimum atomic E-state index is -0.0611. The number of hydrogen-bond donors (Lipinski definition) is 1. The monoisotopic (exact) mass is 330 g/mol. The number of nitrogens with one attached hydrogen (secondary N) is 1. The summed E-state index contributed by atoms with van der Waals surface area (Å²) in [6.45, 7) is 0. The molecule has 25 heavy (non-hydrogen) atoms. The Kier molecular flexibility index (Phi) is 3.73. The third kappa shape index (κ3) is 2.87. The van der Waals surface area contributed by atoms with E-state index in [4.69, 9.17) is 0 Å². The second kappa shape index (κ2) is 6.06. The zero-order chi connectivity index (χ0) is 17.4. The Morgan fingerprint density at radius 3 is 2.76 bits per heavy atom. The normalized spacial score (nSPS) is 13.2. The van der Waals surface area contributed by atoms with Crippen LogP contribution in [0.4, 0.5) is 11.4 Å². The number of likely N-dealkylation sites (N-methyl/N-ethyl adjacent to an activating group) is 1. The molecule has 0 atom stereocenters. The minimum Gasteiger partial charge on any atom is -0.326 e. The van der Waals surface area contributed by atoms with Crippen LogP contribution < -0.4 is 10.2 Å². The van der Waals surface area contributed by atoms with Gasteiger partial charge in [0.2, 0.25) is 11.8 Å². The van der Waals surface area contributed by atoms with Gasteiger partial charge in [0, 0.05) is 18.4 Å². The van der Waals surface area contributed by atoms with Crippen LogP contribution in [0.25, 0.3) is 10.8 Å². The Morgan fingerprint density at radius 1 is 1.08 bits per heavy atom. The number of fused-ring (bicyclic) bond motifs is 2. The molecule has 0 spiro atoms. The van der Waals surface area contributed by atoms with Crippen LogP contribution in [0.5, 0.6) is 0 Å². The molecule has 0 saturated carbocycles. The summed E-state index contributed by atoms with van der Waals surface area (Å²) in [4.78, 5) is 25.9. The molecule has 0 unspecified atom stereocenters. The molecule has 1 N–H and O–H groups in total. The fourth-order valence-corrected chi connectivity index (χ4v) is 3.37. The second-order valence-corrected chi connectivity index (χ2v) is 6.34. The van der Waals surface area contributed by atoms with Gasteiger partial charge in [-0.2, -0.15) is 0 Å². The number of nitrogens with zero attached hydrogens (tertiary/aromatic N) is 1. The zero-order valence-electron chi connectivity index (χ0n) is 14.0. The first-order valence-corrected chi connectivity index (χ1v) is 8.28. The van der Waals surface area contributed by atoms with E-state index >= 15 is 0 Å². The van der Waals surface area contributed by atoms with E-state index in [1.54, 1.807) is 11.9 Å². The molecule has 1 aliphatic rings. The number of amides is 2. The van der Waals surface area contributed by atoms with Crippen LogP contribution >= 0.6 is 0 Å². The third-order valence-electron chi connectivity index (χ3n) is 4.67. The van der Waals surface area contributed by atoms with Gasteiger partial charge in [-0.25, -0.2) is 0 Å². The Hall–Kier alpha value is -3.14. The lowest BCUT2D eigenvalue weighted by Crippen LogP contribution is -2.20. The quantitative estimate of drug-likeness (QED) is 0.798. The first-order chi connectivity index (χ1) is 12.1. The van der Waals surface area contributed by atoms with E-state index in [0.717, 1.165) is 33.3 Å². The maximum Gasteiger partial charge on any atom is 0.231 e. The van der Waals surface area contributed by atoms with Crippen LogP contribution in [0.3, 0.4) is 0 Å². The highest BCUT2D eigenvalue weighted by Crippen LogP contribution is 2.30. The first-order valence-electron chi connectivity index (χ1n) is 8.28. The van der Waals surface area contributed by atoms with Crippen LogP contribution in [0.1, 0.15) is 11.1 Å². The third-order valence-corrected chi connectivity index (χ3v) is 4.67. The predicted octanol–water partition coefficient (Wildman–Crippen LogP) is 3.54. The molecule has 0 radical (unpaired) electrons. The van der Waals surface area contributed by atoms with Gasteiger partial charge in [0.25, 0.3) is 0 Å². The molecule has 4 nitrogen and oxygen atoms in total. The van der Waals surface area contributed by atoms with E-state index in [0.29, 0.717) is 12.8 Å². The summed E-state index contributed by atoms with van der Waals surface area (Å²) in [5.41, 5.74) is 3.60. The Bertz CT molecular complexity index is 989. The van der Waals surface area contributed by atoms with Crippen LogP contribution in [-0.2, 0) is 22.4 Å². The average molecular weight is 330 g/mol. The number of hydrogen-bond acceptors (Lipinski definition) is 2. The van der Waals surface area contributed by atoms with Crippen molar-refractivity contribution in [3.8, 4) is 0 Å². The molecule has 0 aliphatic carbocycles. The summed E-state index contributed by atoms with van der Waals surface area (Å²) in [7, 11) is 1.77. The van der Waals surface area contributed by atoms with Crippen molar-refractivity contribution in [1.82, 2.24) is 0 Å². The molecule has 1 aliphatic heterocycles. The summed E-state index contributed by atoms with van der Waals surface area (Å²) < 4.78 is 0. The molecule has 3 aromatic rings. The lowest BCUT2D eigenvalue weighted by atomic mass is 10.0. The number of benzene rings is 3. The van der Waals surface area contributed by atoms with Gasteiger partial charge in [-0.3, -0.25) is 9.59 Å². The molecule has 124 valence electrons. The maximum absolute atomic E-state index is 12.5. The fourth-order valence-electron chi connectivity index (χ4n) is 3.37. The molecule has 0 saturated heterocycles. The molecule has 0 fully saturated rings. The summed E-state index contributed by atoms with van der Waals surface area (Å²) in [6, 6.07) is 19.7. The maximum atomic E-state index is 12.5. The van der Waals surface area contributed by atoms with E-state index in [2.05, 4.69) is 5.32 Å². The Labute approximate surface area is 146 Å². The zero-order valence-corrected chi connectivity index (χ0v) is 14.0. The minimum absolute atomic E-state index is 0.0611. The van der Waals surface area contributed by atoms with Crippen LogP contribution in [0.15, 0.2) is 60.7 Å². The van der Waals surface area contributed by atoms with Crippen molar-refractivity contribution in [1.29, 1.82) is 0 Å². The van der Waals surface area contributed by atoms with Gasteiger partial charge in [-0.05, 0) is 40.1 Å². The smallest absolute Gasteiger partial charge is 0.231 e. The standard InChI is InChI=1S/C21H18N2O2/c1-23-19-10-9-17(11-16(19)13-21(23)25)22-20(24)12-15-7-4-6-14-5-2-3-8-18(14)15/h2-11H,12-13H2,1H3,(H,22,24). The molecule has 4 heteroatoms. The fraction of sp³-hybridized carbons (Fsp3) is 0.143. The van der Waals surface area contributed by atoms with Gasteiger partial charge >= 0.3 is 0 Å². The SMILES string of the molecule is CN1C(=O)Cc2cc(NC(=O)Cc3cccc4ccccc34)ccc21. The predicted molar refractivity (Wildman–Crippen MR) is 99.8 cm³/mol. The van der Waals surface area contributed by atoms with Gasteiger partial charge in [0.15, 0.2) is 0 Å². The summed E-state index contributed by atoms with van der Waals surface area (Å²) in [6.07, 6.45) is 0.705. The number of anilines is 2. The van der Waals surface area contributed by atoms with Crippen LogP contribution in [0, 0.1) is 0 Å². The van der Waals surface area contributed by atoms with E-state index < -0.39 is 0 Å². The molecular weight excluding hydrogens is 312 g/mol. The van der Waals surface area contributed by atoms with Crippen LogP contribution in [-0.4, -0.2) is 18.9 Å². The second-order valence-electron chi connectivity index (χ2n) is 6.34. The highest BCUT2D eigenvalue weighted by atomic mass is 16.2. The number of carbonyl (C=O) groups is 2. The van der Waals surface area contributed by atoms with Gasteiger partial charge < -0.3 is 10.2 Å². The first kappa shape index (κ1) is 15.4. The average Bonchev–Trinajstić information content (AvgIpc) is 2.89. The van der Waals surface area contributed by atoms with Crippen molar-refractivity contribution in [2.45, 2.75) is 12.8 Å². The van der Waals surface area contributed by atoms with E-state index in [1.165, 1.54) is 0 Å². The van der Waals surface area contributed by atoms with Crippen molar-refractivity contribution >= 4 is 34.0 Å². The van der Waals surface area contributed by atoms with Gasteiger partial charge in [-0.15, -0.1) is 0 Å². The van der Waals surface area contributed by atoms with Crippen molar-refractivity contribution < 1.29 is 9.59 Å². The topological polar surface area (TPSA) is 49.4 Å². The molecule has 3 aromatic carbocycles. The highest BCUT2D eigenvalue weighted by molar-refractivity contribution is 6.02. The van der Waals surface area contributed by atoms with Crippen molar-refractivity contribution in [2.24, 2.45) is 0 Å². The van der Waals surface area contributed by atoms with Crippen LogP contribution in [0.2, 0.25) is 0 Å². The largest absolute Gasteiger partial charge is 0.326 e. The summed E-state index contributed by atoms with van der Waals surface area (Å²) in [5.74, 6) is 0.0169.